The standard InChI is InChI=1S/C27H20BrN5O5/c1-31-25(36)21(26(37)32(2)27(31)38)30-29-18-14-13-17(28)19-20(18)24(35)33(23(19)34)22(15-9-5-3-6-10-15)16-11-7-4-8-12-16/h3-14,22,36H,1-2H3. The fourth-order valence-corrected chi connectivity index (χ4v) is 4.91. The van der Waals surface area contributed by atoms with Gasteiger partial charge in [-0.3, -0.25) is 28.4 Å². The number of hydrogen-bond acceptors (Lipinski definition) is 7. The highest BCUT2D eigenvalue weighted by molar-refractivity contribution is 9.10. The molecule has 0 bridgehead atoms. The van der Waals surface area contributed by atoms with Crippen LogP contribution in [0.3, 0.4) is 0 Å². The van der Waals surface area contributed by atoms with Gasteiger partial charge in [-0.25, -0.2) is 4.79 Å². The quantitative estimate of drug-likeness (QED) is 0.280. The van der Waals surface area contributed by atoms with Crippen molar-refractivity contribution >= 4 is 39.1 Å². The molecule has 0 saturated heterocycles. The first-order valence-corrected chi connectivity index (χ1v) is 12.2. The lowest BCUT2D eigenvalue weighted by molar-refractivity contribution is 0.0608. The maximum atomic E-state index is 13.9. The van der Waals surface area contributed by atoms with Crippen LogP contribution in [0.2, 0.25) is 0 Å². The Labute approximate surface area is 224 Å². The second kappa shape index (κ2) is 9.67. The maximum absolute atomic E-state index is 13.9. The third-order valence-electron chi connectivity index (χ3n) is 6.35. The fraction of sp³-hybridized carbons (Fsp3) is 0.111. The number of aromatic hydroxyl groups is 1. The zero-order chi connectivity index (χ0) is 27.1. The zero-order valence-corrected chi connectivity index (χ0v) is 21.8. The lowest BCUT2D eigenvalue weighted by atomic mass is 9.97. The van der Waals surface area contributed by atoms with Crippen molar-refractivity contribution in [2.75, 3.05) is 0 Å². The summed E-state index contributed by atoms with van der Waals surface area (Å²) in [5.74, 6) is -1.78. The van der Waals surface area contributed by atoms with E-state index in [-0.39, 0.29) is 16.8 Å². The Morgan fingerprint density at radius 1 is 0.737 bits per heavy atom. The minimum atomic E-state index is -0.861. The fourth-order valence-electron chi connectivity index (χ4n) is 4.41. The van der Waals surface area contributed by atoms with Crippen molar-refractivity contribution in [3.63, 3.8) is 0 Å². The molecule has 2 amide bonds. The molecule has 1 aromatic heterocycles. The van der Waals surface area contributed by atoms with Crippen LogP contribution in [-0.2, 0) is 14.1 Å². The highest BCUT2D eigenvalue weighted by Gasteiger charge is 2.44. The molecule has 0 fully saturated rings. The van der Waals surface area contributed by atoms with Crippen LogP contribution < -0.4 is 11.2 Å². The lowest BCUT2D eigenvalue weighted by Gasteiger charge is -2.27. The first kappa shape index (κ1) is 25.0. The van der Waals surface area contributed by atoms with Gasteiger partial charge in [0.05, 0.1) is 22.9 Å². The summed E-state index contributed by atoms with van der Waals surface area (Å²) in [5.41, 5.74) is -0.449. The van der Waals surface area contributed by atoms with Gasteiger partial charge in [-0.05, 0) is 39.2 Å². The number of aromatic nitrogens is 2. The number of azo groups is 1. The van der Waals surface area contributed by atoms with Crippen molar-refractivity contribution in [2.24, 2.45) is 24.3 Å². The van der Waals surface area contributed by atoms with Crippen molar-refractivity contribution in [3.8, 4) is 5.88 Å². The number of fused-ring (bicyclic) bond motifs is 1. The predicted molar refractivity (Wildman–Crippen MR) is 142 cm³/mol. The summed E-state index contributed by atoms with van der Waals surface area (Å²) >= 11 is 3.38. The third-order valence-corrected chi connectivity index (χ3v) is 7.02. The van der Waals surface area contributed by atoms with Crippen molar-refractivity contribution in [1.29, 1.82) is 0 Å². The molecule has 1 N–H and O–H groups in total. The van der Waals surface area contributed by atoms with Crippen molar-refractivity contribution in [1.82, 2.24) is 14.0 Å². The zero-order valence-electron chi connectivity index (χ0n) is 20.2. The Morgan fingerprint density at radius 3 is 1.87 bits per heavy atom. The molecule has 0 spiro atoms. The van der Waals surface area contributed by atoms with Gasteiger partial charge in [0.15, 0.2) is 0 Å². The summed E-state index contributed by atoms with van der Waals surface area (Å²) in [6.07, 6.45) is 0. The molecule has 0 unspecified atom stereocenters. The van der Waals surface area contributed by atoms with Crippen molar-refractivity contribution in [2.45, 2.75) is 6.04 Å². The molecule has 0 saturated carbocycles. The van der Waals surface area contributed by atoms with Crippen molar-refractivity contribution < 1.29 is 14.7 Å². The third kappa shape index (κ3) is 3.97. The maximum Gasteiger partial charge on any atom is 0.333 e. The summed E-state index contributed by atoms with van der Waals surface area (Å²) in [5, 5.41) is 18.3. The minimum Gasteiger partial charge on any atom is -0.493 e. The molecular formula is C27H20BrN5O5. The highest BCUT2D eigenvalue weighted by atomic mass is 79.9. The van der Waals surface area contributed by atoms with Gasteiger partial charge < -0.3 is 5.11 Å². The van der Waals surface area contributed by atoms with Crippen LogP contribution in [0.15, 0.2) is 97.1 Å². The lowest BCUT2D eigenvalue weighted by Crippen LogP contribution is -2.36. The monoisotopic (exact) mass is 573 g/mol. The number of carbonyl (C=O) groups is 2. The van der Waals surface area contributed by atoms with Gasteiger partial charge in [0.25, 0.3) is 17.4 Å². The molecule has 0 aliphatic carbocycles. The van der Waals surface area contributed by atoms with Gasteiger partial charge in [-0.1, -0.05) is 60.7 Å². The summed E-state index contributed by atoms with van der Waals surface area (Å²) in [6.45, 7) is 0. The van der Waals surface area contributed by atoms with E-state index in [1.807, 2.05) is 60.7 Å². The van der Waals surface area contributed by atoms with E-state index in [1.165, 1.54) is 25.1 Å². The second-order valence-electron chi connectivity index (χ2n) is 8.60. The predicted octanol–water partition coefficient (Wildman–Crippen LogP) is 4.35. The van der Waals surface area contributed by atoms with E-state index in [0.717, 1.165) is 20.3 Å². The number of amides is 2. The van der Waals surface area contributed by atoms with Gasteiger partial charge >= 0.3 is 5.69 Å². The average molecular weight is 574 g/mol. The number of imide groups is 1. The van der Waals surface area contributed by atoms with Crippen LogP contribution in [0.1, 0.15) is 37.9 Å². The molecule has 10 nitrogen and oxygen atoms in total. The number of nitrogens with zero attached hydrogens (tertiary/aromatic N) is 5. The van der Waals surface area contributed by atoms with E-state index in [1.54, 1.807) is 6.07 Å². The molecule has 2 heterocycles. The molecule has 1 aliphatic rings. The van der Waals surface area contributed by atoms with Gasteiger partial charge in [-0.2, -0.15) is 0 Å². The number of carbonyl (C=O) groups excluding carboxylic acids is 2. The van der Waals surface area contributed by atoms with Crippen LogP contribution in [0.4, 0.5) is 11.4 Å². The SMILES string of the molecule is Cn1c(O)c(N=Nc2ccc(Br)c3c2C(=O)N(C(c2ccccc2)c2ccccc2)C3=O)c(=O)n(C)c1=O. The molecule has 1 aliphatic heterocycles. The van der Waals surface area contributed by atoms with Gasteiger partial charge in [0, 0.05) is 18.6 Å². The summed E-state index contributed by atoms with van der Waals surface area (Å²) < 4.78 is 2.02. The Kier molecular flexibility index (Phi) is 6.37. The van der Waals surface area contributed by atoms with Crippen LogP contribution in [0.25, 0.3) is 0 Å². The normalized spacial score (nSPS) is 13.1. The summed E-state index contributed by atoms with van der Waals surface area (Å²) in [4.78, 5) is 53.4. The largest absolute Gasteiger partial charge is 0.493 e. The van der Waals surface area contributed by atoms with E-state index in [9.17, 15) is 24.3 Å². The van der Waals surface area contributed by atoms with E-state index in [2.05, 4.69) is 26.2 Å². The van der Waals surface area contributed by atoms with Gasteiger partial charge in [0.2, 0.25) is 11.6 Å². The van der Waals surface area contributed by atoms with Crippen LogP contribution in [0, 0.1) is 0 Å². The summed E-state index contributed by atoms with van der Waals surface area (Å²) in [7, 11) is 2.52. The number of hydrogen-bond donors (Lipinski definition) is 1. The number of halogens is 1. The second-order valence-corrected chi connectivity index (χ2v) is 9.45. The van der Waals surface area contributed by atoms with E-state index in [4.69, 9.17) is 0 Å². The topological polar surface area (TPSA) is 126 Å². The van der Waals surface area contributed by atoms with E-state index >= 15 is 0 Å². The van der Waals surface area contributed by atoms with Gasteiger partial charge in [0.1, 0.15) is 0 Å². The van der Waals surface area contributed by atoms with Crippen LogP contribution >= 0.6 is 15.9 Å². The van der Waals surface area contributed by atoms with Crippen molar-refractivity contribution in [3.05, 3.63) is 120 Å². The van der Waals surface area contributed by atoms with Crippen LogP contribution in [-0.4, -0.2) is 31.0 Å². The molecular weight excluding hydrogens is 554 g/mol. The highest BCUT2D eigenvalue weighted by Crippen LogP contribution is 2.42. The number of rotatable bonds is 5. The molecule has 0 radical (unpaired) electrons. The Balaban J connectivity index is 1.65. The molecule has 11 heteroatoms. The van der Waals surface area contributed by atoms with E-state index in [0.29, 0.717) is 4.47 Å². The Hall–Kier alpha value is -4.64. The van der Waals surface area contributed by atoms with E-state index < -0.39 is 40.7 Å². The molecule has 0 atom stereocenters. The molecule has 190 valence electrons. The molecule has 38 heavy (non-hydrogen) atoms. The molecule has 4 aromatic rings. The first-order chi connectivity index (χ1) is 18.2. The minimum absolute atomic E-state index is 0.00567. The Bertz CT molecular complexity index is 1710. The number of benzene rings is 3. The smallest absolute Gasteiger partial charge is 0.333 e. The van der Waals surface area contributed by atoms with Crippen LogP contribution in [0.5, 0.6) is 5.88 Å². The first-order valence-electron chi connectivity index (χ1n) is 11.4. The average Bonchev–Trinajstić information content (AvgIpc) is 3.20. The summed E-state index contributed by atoms with van der Waals surface area (Å²) in [6, 6.07) is 20.7. The molecule has 5 rings (SSSR count). The van der Waals surface area contributed by atoms with Gasteiger partial charge in [-0.15, -0.1) is 10.2 Å². The Morgan fingerprint density at radius 2 is 1.29 bits per heavy atom. The molecule has 3 aromatic carbocycles.